The monoisotopic (exact) mass is 393 g/mol. The van der Waals surface area contributed by atoms with Crippen molar-refractivity contribution in [1.29, 1.82) is 0 Å². The molecule has 4 rings (SSSR count). The highest BCUT2D eigenvalue weighted by Gasteiger charge is 2.20. The van der Waals surface area contributed by atoms with E-state index in [1.165, 1.54) is 17.4 Å². The highest BCUT2D eigenvalue weighted by Crippen LogP contribution is 2.27. The van der Waals surface area contributed by atoms with Crippen LogP contribution >= 0.6 is 11.3 Å². The molecular weight excluding hydrogens is 378 g/mol. The van der Waals surface area contributed by atoms with Gasteiger partial charge in [0, 0.05) is 5.39 Å². The van der Waals surface area contributed by atoms with E-state index in [9.17, 15) is 14.4 Å². The molecule has 2 aromatic heterocycles. The number of thiophene rings is 1. The summed E-state index contributed by atoms with van der Waals surface area (Å²) in [6.07, 6.45) is 0. The zero-order chi connectivity index (χ0) is 19.7. The molecule has 0 saturated carbocycles. The van der Waals surface area contributed by atoms with Crippen LogP contribution in [-0.2, 0) is 4.74 Å². The number of anilines is 1. The Hall–Kier alpha value is -3.45. The second-order valence-electron chi connectivity index (χ2n) is 5.98. The summed E-state index contributed by atoms with van der Waals surface area (Å²) in [5, 5.41) is 7.12. The molecule has 1 amide bonds. The maximum Gasteiger partial charge on any atom is 0.349 e. The second kappa shape index (κ2) is 7.28. The van der Waals surface area contributed by atoms with E-state index in [1.807, 2.05) is 30.3 Å². The Bertz CT molecular complexity index is 1270. The number of benzene rings is 2. The molecule has 28 heavy (non-hydrogen) atoms. The lowest BCUT2D eigenvalue weighted by molar-refractivity contribution is 0.0528. The van der Waals surface area contributed by atoms with Crippen LogP contribution in [0.3, 0.4) is 0 Å². The van der Waals surface area contributed by atoms with Crippen LogP contribution in [0.4, 0.5) is 5.00 Å². The predicted octanol–water partition coefficient (Wildman–Crippen LogP) is 4.44. The van der Waals surface area contributed by atoms with Crippen molar-refractivity contribution in [2.24, 2.45) is 0 Å². The number of nitrogens with one attached hydrogen (secondary N) is 1. The Labute approximate surface area is 163 Å². The van der Waals surface area contributed by atoms with Gasteiger partial charge in [0.15, 0.2) is 0 Å². The van der Waals surface area contributed by atoms with Crippen molar-refractivity contribution in [3.63, 3.8) is 0 Å². The molecule has 2 heterocycles. The first-order chi connectivity index (χ1) is 13.6. The standard InChI is InChI=1S/C21H15NO5S/c1-2-26-20(24)14-9-10-28-19(14)22-18(23)16-11-15-13-6-4-3-5-12(13)7-8-17(15)27-21(16)25/h3-11H,2H2,1H3,(H,22,23). The van der Waals surface area contributed by atoms with Gasteiger partial charge in [-0.3, -0.25) is 4.79 Å². The third-order valence-electron chi connectivity index (χ3n) is 4.27. The summed E-state index contributed by atoms with van der Waals surface area (Å²) in [7, 11) is 0. The van der Waals surface area contributed by atoms with E-state index in [2.05, 4.69) is 5.32 Å². The van der Waals surface area contributed by atoms with Gasteiger partial charge in [0.05, 0.1) is 12.2 Å². The van der Waals surface area contributed by atoms with E-state index in [-0.39, 0.29) is 17.7 Å². The molecule has 7 heteroatoms. The van der Waals surface area contributed by atoms with E-state index in [0.717, 1.165) is 10.8 Å². The van der Waals surface area contributed by atoms with Gasteiger partial charge >= 0.3 is 11.6 Å². The molecule has 2 aromatic carbocycles. The van der Waals surface area contributed by atoms with Crippen LogP contribution in [0.1, 0.15) is 27.6 Å². The first-order valence-corrected chi connectivity index (χ1v) is 9.48. The van der Waals surface area contributed by atoms with Gasteiger partial charge in [-0.25, -0.2) is 9.59 Å². The van der Waals surface area contributed by atoms with Crippen molar-refractivity contribution in [3.8, 4) is 0 Å². The van der Waals surface area contributed by atoms with Crippen molar-refractivity contribution < 1.29 is 18.7 Å². The van der Waals surface area contributed by atoms with Crippen molar-refractivity contribution in [3.05, 3.63) is 75.5 Å². The summed E-state index contributed by atoms with van der Waals surface area (Å²) in [6, 6.07) is 14.3. The highest BCUT2D eigenvalue weighted by molar-refractivity contribution is 7.14. The summed E-state index contributed by atoms with van der Waals surface area (Å²) in [5.41, 5.74) is -0.221. The van der Waals surface area contributed by atoms with Crippen LogP contribution in [0, 0.1) is 0 Å². The van der Waals surface area contributed by atoms with Crippen molar-refractivity contribution in [2.45, 2.75) is 6.92 Å². The minimum atomic E-state index is -0.741. The molecule has 0 unspecified atom stereocenters. The second-order valence-corrected chi connectivity index (χ2v) is 6.90. The van der Waals surface area contributed by atoms with E-state index >= 15 is 0 Å². The van der Waals surface area contributed by atoms with Crippen LogP contribution in [0.15, 0.2) is 63.1 Å². The summed E-state index contributed by atoms with van der Waals surface area (Å²) in [6.45, 7) is 1.93. The van der Waals surface area contributed by atoms with Gasteiger partial charge in [0.2, 0.25) is 0 Å². The first-order valence-electron chi connectivity index (χ1n) is 8.60. The van der Waals surface area contributed by atoms with Crippen LogP contribution in [-0.4, -0.2) is 18.5 Å². The normalized spacial score (nSPS) is 10.9. The lowest BCUT2D eigenvalue weighted by atomic mass is 10.0. The van der Waals surface area contributed by atoms with Crippen molar-refractivity contribution >= 4 is 50.0 Å². The third-order valence-corrected chi connectivity index (χ3v) is 5.10. The Kier molecular flexibility index (Phi) is 4.67. The zero-order valence-corrected chi connectivity index (χ0v) is 15.7. The number of hydrogen-bond donors (Lipinski definition) is 1. The number of rotatable bonds is 4. The molecule has 0 fully saturated rings. The Morgan fingerprint density at radius 2 is 1.89 bits per heavy atom. The fourth-order valence-corrected chi connectivity index (χ4v) is 3.75. The molecule has 1 N–H and O–H groups in total. The van der Waals surface area contributed by atoms with E-state index < -0.39 is 17.5 Å². The molecule has 0 spiro atoms. The maximum absolute atomic E-state index is 12.7. The van der Waals surface area contributed by atoms with Gasteiger partial charge in [-0.2, -0.15) is 0 Å². The number of amides is 1. The average Bonchev–Trinajstić information content (AvgIpc) is 3.15. The molecule has 0 aliphatic heterocycles. The summed E-state index contributed by atoms with van der Waals surface area (Å²) in [4.78, 5) is 37.1. The number of hydrogen-bond acceptors (Lipinski definition) is 6. The molecular formula is C21H15NO5S. The third kappa shape index (κ3) is 3.16. The number of carbonyl (C=O) groups excluding carboxylic acids is 2. The predicted molar refractivity (Wildman–Crippen MR) is 108 cm³/mol. The fourth-order valence-electron chi connectivity index (χ4n) is 2.98. The first kappa shape index (κ1) is 17.9. The Morgan fingerprint density at radius 3 is 2.71 bits per heavy atom. The molecule has 0 aliphatic carbocycles. The van der Waals surface area contributed by atoms with Gasteiger partial charge in [0.1, 0.15) is 16.1 Å². The molecule has 0 atom stereocenters. The van der Waals surface area contributed by atoms with Crippen LogP contribution in [0.5, 0.6) is 0 Å². The zero-order valence-electron chi connectivity index (χ0n) is 14.9. The SMILES string of the molecule is CCOC(=O)c1ccsc1NC(=O)c1cc2c(ccc3ccccc32)oc1=O. The van der Waals surface area contributed by atoms with Gasteiger partial charge in [0.25, 0.3) is 5.91 Å². The number of carbonyl (C=O) groups is 2. The molecule has 0 aliphatic rings. The van der Waals surface area contributed by atoms with Crippen molar-refractivity contribution in [2.75, 3.05) is 11.9 Å². The Balaban J connectivity index is 1.75. The molecule has 0 bridgehead atoms. The largest absolute Gasteiger partial charge is 0.462 e. The van der Waals surface area contributed by atoms with E-state index in [0.29, 0.717) is 16.0 Å². The molecule has 0 saturated heterocycles. The van der Waals surface area contributed by atoms with Crippen LogP contribution < -0.4 is 10.9 Å². The number of esters is 1. The van der Waals surface area contributed by atoms with Crippen LogP contribution in [0.25, 0.3) is 21.7 Å². The summed E-state index contributed by atoms with van der Waals surface area (Å²) < 4.78 is 10.3. The number of fused-ring (bicyclic) bond motifs is 3. The highest BCUT2D eigenvalue weighted by atomic mass is 32.1. The minimum Gasteiger partial charge on any atom is -0.462 e. The average molecular weight is 393 g/mol. The molecule has 4 aromatic rings. The van der Waals surface area contributed by atoms with Crippen molar-refractivity contribution in [1.82, 2.24) is 0 Å². The lowest BCUT2D eigenvalue weighted by Crippen LogP contribution is -2.21. The minimum absolute atomic E-state index is 0.132. The topological polar surface area (TPSA) is 85.6 Å². The maximum atomic E-state index is 12.7. The molecule has 140 valence electrons. The van der Waals surface area contributed by atoms with Gasteiger partial charge < -0.3 is 14.5 Å². The lowest BCUT2D eigenvalue weighted by Gasteiger charge is -2.07. The van der Waals surface area contributed by atoms with E-state index in [1.54, 1.807) is 24.4 Å². The summed E-state index contributed by atoms with van der Waals surface area (Å²) >= 11 is 1.17. The van der Waals surface area contributed by atoms with Crippen LogP contribution in [0.2, 0.25) is 0 Å². The van der Waals surface area contributed by atoms with Gasteiger partial charge in [-0.05, 0) is 41.3 Å². The molecule has 6 nitrogen and oxygen atoms in total. The number of ether oxygens (including phenoxy) is 1. The smallest absolute Gasteiger partial charge is 0.349 e. The Morgan fingerprint density at radius 1 is 1.07 bits per heavy atom. The quantitative estimate of drug-likeness (QED) is 0.315. The fraction of sp³-hybridized carbons (Fsp3) is 0.0952. The molecule has 0 radical (unpaired) electrons. The summed E-state index contributed by atoms with van der Waals surface area (Å²) in [5.74, 6) is -1.17. The van der Waals surface area contributed by atoms with E-state index in [4.69, 9.17) is 9.15 Å². The van der Waals surface area contributed by atoms with Gasteiger partial charge in [-0.15, -0.1) is 11.3 Å². The van der Waals surface area contributed by atoms with Gasteiger partial charge in [-0.1, -0.05) is 30.3 Å².